The first-order valence-corrected chi connectivity index (χ1v) is 7.32. The third kappa shape index (κ3) is 9.43. The fourth-order valence-electron chi connectivity index (χ4n) is 1.87. The fourth-order valence-corrected chi connectivity index (χ4v) is 1.87. The Balaban J connectivity index is 1.93. The lowest BCUT2D eigenvalue weighted by atomic mass is 10.1. The SMILES string of the molecule is O=C(O)CCCCCCNC(=O)NCCc1ccccn1. The lowest BCUT2D eigenvalue weighted by Crippen LogP contribution is -2.37. The lowest BCUT2D eigenvalue weighted by Gasteiger charge is -2.07. The number of hydrogen-bond acceptors (Lipinski definition) is 3. The molecule has 0 aromatic carbocycles. The summed E-state index contributed by atoms with van der Waals surface area (Å²) in [5.41, 5.74) is 0.955. The highest BCUT2D eigenvalue weighted by Crippen LogP contribution is 2.02. The van der Waals surface area contributed by atoms with Gasteiger partial charge in [-0.2, -0.15) is 0 Å². The minimum atomic E-state index is -0.750. The van der Waals surface area contributed by atoms with E-state index in [1.54, 1.807) is 6.20 Å². The van der Waals surface area contributed by atoms with Crippen LogP contribution in [0.25, 0.3) is 0 Å². The lowest BCUT2D eigenvalue weighted by molar-refractivity contribution is -0.137. The minimum absolute atomic E-state index is 0.170. The molecule has 1 aromatic rings. The van der Waals surface area contributed by atoms with E-state index < -0.39 is 5.97 Å². The Hall–Kier alpha value is -2.11. The van der Waals surface area contributed by atoms with Gasteiger partial charge in [-0.1, -0.05) is 18.9 Å². The van der Waals surface area contributed by atoms with Crippen LogP contribution in [0.1, 0.15) is 37.8 Å². The van der Waals surface area contributed by atoms with E-state index in [0.717, 1.165) is 25.0 Å². The van der Waals surface area contributed by atoms with E-state index in [4.69, 9.17) is 5.11 Å². The molecule has 0 saturated heterocycles. The molecule has 0 aliphatic rings. The maximum Gasteiger partial charge on any atom is 0.314 e. The monoisotopic (exact) mass is 293 g/mol. The number of carbonyl (C=O) groups excluding carboxylic acids is 1. The van der Waals surface area contributed by atoms with Gasteiger partial charge in [0.15, 0.2) is 0 Å². The molecule has 116 valence electrons. The molecular formula is C15H23N3O3. The predicted octanol–water partition coefficient (Wildman–Crippen LogP) is 1.96. The van der Waals surface area contributed by atoms with Crippen LogP contribution in [-0.4, -0.2) is 35.2 Å². The van der Waals surface area contributed by atoms with Gasteiger partial charge < -0.3 is 15.7 Å². The maximum absolute atomic E-state index is 11.5. The zero-order chi connectivity index (χ0) is 15.3. The summed E-state index contributed by atoms with van der Waals surface area (Å²) in [7, 11) is 0. The summed E-state index contributed by atoms with van der Waals surface area (Å²) in [5, 5.41) is 14.0. The van der Waals surface area contributed by atoms with Crippen molar-refractivity contribution in [3.05, 3.63) is 30.1 Å². The van der Waals surface area contributed by atoms with Crippen molar-refractivity contribution in [2.45, 2.75) is 38.5 Å². The highest BCUT2D eigenvalue weighted by atomic mass is 16.4. The van der Waals surface area contributed by atoms with E-state index in [2.05, 4.69) is 15.6 Å². The molecule has 6 nitrogen and oxygen atoms in total. The van der Waals surface area contributed by atoms with Crippen LogP contribution in [0.3, 0.4) is 0 Å². The normalized spacial score (nSPS) is 10.1. The molecule has 21 heavy (non-hydrogen) atoms. The number of nitrogens with one attached hydrogen (secondary N) is 2. The third-order valence-electron chi connectivity index (χ3n) is 3.00. The number of urea groups is 1. The molecule has 3 N–H and O–H groups in total. The second-order valence-electron chi connectivity index (χ2n) is 4.81. The first kappa shape index (κ1) is 16.9. The van der Waals surface area contributed by atoms with Crippen molar-refractivity contribution in [2.75, 3.05) is 13.1 Å². The molecule has 0 radical (unpaired) electrons. The van der Waals surface area contributed by atoms with Crippen molar-refractivity contribution in [3.8, 4) is 0 Å². The van der Waals surface area contributed by atoms with E-state index >= 15 is 0 Å². The smallest absolute Gasteiger partial charge is 0.314 e. The van der Waals surface area contributed by atoms with E-state index in [1.165, 1.54) is 0 Å². The van der Waals surface area contributed by atoms with Crippen LogP contribution in [0.5, 0.6) is 0 Å². The Labute approximate surface area is 125 Å². The Morgan fingerprint density at radius 2 is 1.81 bits per heavy atom. The van der Waals surface area contributed by atoms with Gasteiger partial charge in [0.2, 0.25) is 0 Å². The number of amides is 2. The van der Waals surface area contributed by atoms with Crippen LogP contribution in [0, 0.1) is 0 Å². The first-order chi connectivity index (χ1) is 10.2. The molecule has 0 bridgehead atoms. The fraction of sp³-hybridized carbons (Fsp3) is 0.533. The number of pyridine rings is 1. The summed E-state index contributed by atoms with van der Waals surface area (Å²) < 4.78 is 0. The second-order valence-corrected chi connectivity index (χ2v) is 4.81. The van der Waals surface area contributed by atoms with Gasteiger partial charge in [0.25, 0.3) is 0 Å². The van der Waals surface area contributed by atoms with E-state index in [-0.39, 0.29) is 12.5 Å². The first-order valence-electron chi connectivity index (χ1n) is 7.32. The molecule has 1 aromatic heterocycles. The number of aliphatic carboxylic acids is 1. The molecule has 0 aliphatic carbocycles. The van der Waals surface area contributed by atoms with Gasteiger partial charge in [-0.05, 0) is 25.0 Å². The van der Waals surface area contributed by atoms with E-state index in [0.29, 0.717) is 25.9 Å². The van der Waals surface area contributed by atoms with Gasteiger partial charge in [0, 0.05) is 37.8 Å². The molecular weight excluding hydrogens is 270 g/mol. The number of carboxylic acid groups (broad SMARTS) is 1. The van der Waals surface area contributed by atoms with Gasteiger partial charge in [-0.3, -0.25) is 9.78 Å². The predicted molar refractivity (Wildman–Crippen MR) is 80.1 cm³/mol. The zero-order valence-electron chi connectivity index (χ0n) is 12.2. The number of unbranched alkanes of at least 4 members (excludes halogenated alkanes) is 3. The van der Waals surface area contributed by atoms with Gasteiger partial charge in [0.1, 0.15) is 0 Å². The summed E-state index contributed by atoms with van der Waals surface area (Å²) in [5.74, 6) is -0.750. The number of aromatic nitrogens is 1. The van der Waals surface area contributed by atoms with Crippen LogP contribution < -0.4 is 10.6 Å². The molecule has 0 unspecified atom stereocenters. The third-order valence-corrected chi connectivity index (χ3v) is 3.00. The average Bonchev–Trinajstić information content (AvgIpc) is 2.47. The zero-order valence-corrected chi connectivity index (χ0v) is 12.2. The summed E-state index contributed by atoms with van der Waals surface area (Å²) in [6.45, 7) is 1.17. The molecule has 1 heterocycles. The molecule has 2 amide bonds. The Kier molecular flexibility index (Phi) is 8.59. The van der Waals surface area contributed by atoms with Crippen molar-refractivity contribution in [1.29, 1.82) is 0 Å². The number of rotatable bonds is 10. The Bertz CT molecular complexity index is 423. The van der Waals surface area contributed by atoms with Crippen LogP contribution >= 0.6 is 0 Å². The standard InChI is InChI=1S/C15H23N3O3/c19-14(20)8-3-1-2-5-11-17-15(21)18-12-9-13-7-4-6-10-16-13/h4,6-7,10H,1-3,5,8-9,11-12H2,(H,19,20)(H2,17,18,21). The number of carbonyl (C=O) groups is 2. The van der Waals surface area contributed by atoms with Gasteiger partial charge in [-0.25, -0.2) is 4.79 Å². The van der Waals surface area contributed by atoms with E-state index in [9.17, 15) is 9.59 Å². The quantitative estimate of drug-likeness (QED) is 0.575. The molecule has 0 spiro atoms. The van der Waals surface area contributed by atoms with Crippen LogP contribution in [0.2, 0.25) is 0 Å². The van der Waals surface area contributed by atoms with Crippen molar-refractivity contribution < 1.29 is 14.7 Å². The largest absolute Gasteiger partial charge is 0.481 e. The maximum atomic E-state index is 11.5. The Morgan fingerprint density at radius 1 is 1.05 bits per heavy atom. The number of hydrogen-bond donors (Lipinski definition) is 3. The van der Waals surface area contributed by atoms with Crippen LogP contribution in [0.4, 0.5) is 4.79 Å². The topological polar surface area (TPSA) is 91.3 Å². The number of nitrogens with zero attached hydrogens (tertiary/aromatic N) is 1. The summed E-state index contributed by atoms with van der Waals surface area (Å²) in [4.78, 5) is 26.0. The van der Waals surface area contributed by atoms with Crippen LogP contribution in [0.15, 0.2) is 24.4 Å². The molecule has 0 aliphatic heterocycles. The van der Waals surface area contributed by atoms with Crippen LogP contribution in [-0.2, 0) is 11.2 Å². The summed E-state index contributed by atoms with van der Waals surface area (Å²) in [6.07, 6.45) is 6.06. The van der Waals surface area contributed by atoms with Gasteiger partial charge in [0.05, 0.1) is 0 Å². The van der Waals surface area contributed by atoms with Gasteiger partial charge in [-0.15, -0.1) is 0 Å². The number of carboxylic acids is 1. The Morgan fingerprint density at radius 3 is 2.52 bits per heavy atom. The van der Waals surface area contributed by atoms with Gasteiger partial charge >= 0.3 is 12.0 Å². The second kappa shape index (κ2) is 10.7. The molecule has 1 rings (SSSR count). The van der Waals surface area contributed by atoms with Crippen molar-refractivity contribution in [3.63, 3.8) is 0 Å². The summed E-state index contributed by atoms with van der Waals surface area (Å²) in [6, 6.07) is 5.54. The molecule has 0 fully saturated rings. The molecule has 6 heteroatoms. The molecule has 0 saturated carbocycles. The van der Waals surface area contributed by atoms with Crippen molar-refractivity contribution in [2.24, 2.45) is 0 Å². The average molecular weight is 293 g/mol. The van der Waals surface area contributed by atoms with Crippen molar-refractivity contribution >= 4 is 12.0 Å². The highest BCUT2D eigenvalue weighted by molar-refractivity contribution is 5.73. The van der Waals surface area contributed by atoms with E-state index in [1.807, 2.05) is 18.2 Å². The van der Waals surface area contributed by atoms with Crippen molar-refractivity contribution in [1.82, 2.24) is 15.6 Å². The highest BCUT2D eigenvalue weighted by Gasteiger charge is 2.00. The molecule has 0 atom stereocenters. The minimum Gasteiger partial charge on any atom is -0.481 e. The summed E-state index contributed by atoms with van der Waals surface area (Å²) >= 11 is 0.